The van der Waals surface area contributed by atoms with Gasteiger partial charge in [-0.25, -0.2) is 0 Å². The second kappa shape index (κ2) is 5.90. The van der Waals surface area contributed by atoms with Crippen LogP contribution in [-0.2, 0) is 6.42 Å². The Morgan fingerprint density at radius 1 is 1.12 bits per heavy atom. The molecule has 3 N–H and O–H groups in total. The normalized spacial score (nSPS) is 15.2. The van der Waals surface area contributed by atoms with Gasteiger partial charge in [-0.1, -0.05) is 25.0 Å². The first-order valence-corrected chi connectivity index (χ1v) is 6.40. The van der Waals surface area contributed by atoms with Crippen LogP contribution in [0.5, 0.6) is 0 Å². The maximum atomic E-state index is 5.64. The highest BCUT2D eigenvalue weighted by molar-refractivity contribution is 5.39. The van der Waals surface area contributed by atoms with Crippen LogP contribution in [0.4, 0.5) is 5.69 Å². The van der Waals surface area contributed by atoms with E-state index in [4.69, 9.17) is 5.73 Å². The standard InChI is InChI=1S/C14H22N2/c15-14-7-5-13(6-8-14)9-11-16-10-1-2-12-3-4-12/h5-8,12,16H,1-4,9-11,15H2. The molecule has 0 aromatic heterocycles. The van der Waals surface area contributed by atoms with E-state index in [2.05, 4.69) is 17.4 Å². The molecule has 1 aliphatic carbocycles. The summed E-state index contributed by atoms with van der Waals surface area (Å²) in [5.74, 6) is 1.07. The molecule has 0 atom stereocenters. The molecule has 0 spiro atoms. The van der Waals surface area contributed by atoms with E-state index in [1.165, 1.54) is 37.8 Å². The van der Waals surface area contributed by atoms with E-state index in [0.29, 0.717) is 0 Å². The lowest BCUT2D eigenvalue weighted by atomic mass is 10.1. The van der Waals surface area contributed by atoms with E-state index in [1.54, 1.807) is 0 Å². The third kappa shape index (κ3) is 4.23. The van der Waals surface area contributed by atoms with Gasteiger partial charge >= 0.3 is 0 Å². The molecule has 0 unspecified atom stereocenters. The van der Waals surface area contributed by atoms with Crippen molar-refractivity contribution in [2.24, 2.45) is 5.92 Å². The van der Waals surface area contributed by atoms with E-state index in [1.807, 2.05) is 12.1 Å². The third-order valence-corrected chi connectivity index (χ3v) is 3.23. The maximum Gasteiger partial charge on any atom is 0.0314 e. The van der Waals surface area contributed by atoms with Crippen LogP contribution in [0.3, 0.4) is 0 Å². The molecule has 0 saturated heterocycles. The summed E-state index contributed by atoms with van der Waals surface area (Å²) in [7, 11) is 0. The monoisotopic (exact) mass is 218 g/mol. The number of anilines is 1. The summed E-state index contributed by atoms with van der Waals surface area (Å²) < 4.78 is 0. The van der Waals surface area contributed by atoms with Gasteiger partial charge in [0, 0.05) is 5.69 Å². The average molecular weight is 218 g/mol. The van der Waals surface area contributed by atoms with Crippen LogP contribution in [0.25, 0.3) is 0 Å². The highest BCUT2D eigenvalue weighted by atomic mass is 14.8. The van der Waals surface area contributed by atoms with Crippen molar-refractivity contribution in [2.75, 3.05) is 18.8 Å². The van der Waals surface area contributed by atoms with E-state index in [9.17, 15) is 0 Å². The molecular weight excluding hydrogens is 196 g/mol. The van der Waals surface area contributed by atoms with Crippen molar-refractivity contribution in [2.45, 2.75) is 32.1 Å². The van der Waals surface area contributed by atoms with Crippen molar-refractivity contribution < 1.29 is 0 Å². The minimum atomic E-state index is 0.848. The lowest BCUT2D eigenvalue weighted by Gasteiger charge is -2.04. The molecule has 1 aromatic rings. The Balaban J connectivity index is 1.51. The van der Waals surface area contributed by atoms with Crippen LogP contribution in [0.15, 0.2) is 24.3 Å². The molecule has 16 heavy (non-hydrogen) atoms. The molecule has 0 amide bonds. The Hall–Kier alpha value is -1.02. The number of hydrogen-bond acceptors (Lipinski definition) is 2. The topological polar surface area (TPSA) is 38.0 Å². The van der Waals surface area contributed by atoms with Crippen LogP contribution in [0, 0.1) is 5.92 Å². The number of nitrogens with two attached hydrogens (primary N) is 1. The molecule has 1 fully saturated rings. The largest absolute Gasteiger partial charge is 0.399 e. The Kier molecular flexibility index (Phi) is 4.23. The molecule has 88 valence electrons. The zero-order chi connectivity index (χ0) is 11.2. The van der Waals surface area contributed by atoms with Gasteiger partial charge in [-0.15, -0.1) is 0 Å². The minimum absolute atomic E-state index is 0.848. The van der Waals surface area contributed by atoms with Gasteiger partial charge in [-0.3, -0.25) is 0 Å². The van der Waals surface area contributed by atoms with Crippen molar-refractivity contribution in [3.05, 3.63) is 29.8 Å². The summed E-state index contributed by atoms with van der Waals surface area (Å²) in [6.45, 7) is 2.25. The molecule has 0 aliphatic heterocycles. The molecule has 0 bridgehead atoms. The van der Waals surface area contributed by atoms with Gasteiger partial charge in [0.05, 0.1) is 0 Å². The number of nitrogen functional groups attached to an aromatic ring is 1. The number of hydrogen-bond donors (Lipinski definition) is 2. The molecule has 1 aromatic carbocycles. The first-order valence-electron chi connectivity index (χ1n) is 6.40. The van der Waals surface area contributed by atoms with Crippen molar-refractivity contribution in [1.29, 1.82) is 0 Å². The summed E-state index contributed by atoms with van der Waals surface area (Å²) in [4.78, 5) is 0. The molecule has 2 heteroatoms. The van der Waals surface area contributed by atoms with Crippen LogP contribution >= 0.6 is 0 Å². The van der Waals surface area contributed by atoms with Crippen LogP contribution in [0.1, 0.15) is 31.2 Å². The molecule has 0 radical (unpaired) electrons. The maximum absolute atomic E-state index is 5.64. The van der Waals surface area contributed by atoms with Gasteiger partial charge in [0.2, 0.25) is 0 Å². The average Bonchev–Trinajstić information content (AvgIpc) is 3.10. The van der Waals surface area contributed by atoms with Gasteiger partial charge in [0.25, 0.3) is 0 Å². The van der Waals surface area contributed by atoms with Gasteiger partial charge in [0.1, 0.15) is 0 Å². The lowest BCUT2D eigenvalue weighted by Crippen LogP contribution is -2.18. The Bertz CT molecular complexity index is 301. The first kappa shape index (κ1) is 11.5. The Morgan fingerprint density at radius 2 is 1.88 bits per heavy atom. The summed E-state index contributed by atoms with van der Waals surface area (Å²) >= 11 is 0. The summed E-state index contributed by atoms with van der Waals surface area (Å²) in [6, 6.07) is 8.17. The third-order valence-electron chi connectivity index (χ3n) is 3.23. The fourth-order valence-corrected chi connectivity index (χ4v) is 1.96. The van der Waals surface area contributed by atoms with Gasteiger partial charge in [-0.05, 0) is 56.0 Å². The zero-order valence-electron chi connectivity index (χ0n) is 9.91. The fourth-order valence-electron chi connectivity index (χ4n) is 1.96. The van der Waals surface area contributed by atoms with E-state index in [-0.39, 0.29) is 0 Å². The fraction of sp³-hybridized carbons (Fsp3) is 0.571. The van der Waals surface area contributed by atoms with Crippen molar-refractivity contribution in [3.63, 3.8) is 0 Å². The van der Waals surface area contributed by atoms with E-state index in [0.717, 1.165) is 24.6 Å². The number of nitrogens with one attached hydrogen (secondary N) is 1. The quantitative estimate of drug-likeness (QED) is 0.545. The molecule has 0 heterocycles. The first-order chi connectivity index (χ1) is 7.84. The molecule has 2 rings (SSSR count). The lowest BCUT2D eigenvalue weighted by molar-refractivity contribution is 0.594. The summed E-state index contributed by atoms with van der Waals surface area (Å²) in [5.41, 5.74) is 7.85. The molecular formula is C14H22N2. The highest BCUT2D eigenvalue weighted by Crippen LogP contribution is 2.33. The van der Waals surface area contributed by atoms with Crippen molar-refractivity contribution in [1.82, 2.24) is 5.32 Å². The van der Waals surface area contributed by atoms with Crippen LogP contribution < -0.4 is 11.1 Å². The Labute approximate surface area is 98.2 Å². The smallest absolute Gasteiger partial charge is 0.0314 e. The van der Waals surface area contributed by atoms with E-state index >= 15 is 0 Å². The van der Waals surface area contributed by atoms with E-state index < -0.39 is 0 Å². The zero-order valence-corrected chi connectivity index (χ0v) is 9.91. The number of benzene rings is 1. The van der Waals surface area contributed by atoms with Gasteiger partial charge in [0.15, 0.2) is 0 Å². The van der Waals surface area contributed by atoms with Crippen molar-refractivity contribution in [3.8, 4) is 0 Å². The Morgan fingerprint density at radius 3 is 2.56 bits per heavy atom. The second-order valence-electron chi connectivity index (χ2n) is 4.83. The predicted octanol–water partition coefficient (Wildman–Crippen LogP) is 2.59. The predicted molar refractivity (Wildman–Crippen MR) is 69.4 cm³/mol. The number of rotatable bonds is 7. The molecule has 1 aliphatic rings. The molecule has 2 nitrogen and oxygen atoms in total. The van der Waals surface area contributed by atoms with Crippen molar-refractivity contribution >= 4 is 5.69 Å². The summed E-state index contributed by atoms with van der Waals surface area (Å²) in [5, 5.41) is 3.50. The highest BCUT2D eigenvalue weighted by Gasteiger charge is 2.19. The van der Waals surface area contributed by atoms with Gasteiger partial charge < -0.3 is 11.1 Å². The second-order valence-corrected chi connectivity index (χ2v) is 4.83. The SMILES string of the molecule is Nc1ccc(CCNCCCC2CC2)cc1. The van der Waals surface area contributed by atoms with Crippen LogP contribution in [0.2, 0.25) is 0 Å². The van der Waals surface area contributed by atoms with Gasteiger partial charge in [-0.2, -0.15) is 0 Å². The molecule has 1 saturated carbocycles. The van der Waals surface area contributed by atoms with Crippen LogP contribution in [-0.4, -0.2) is 13.1 Å². The minimum Gasteiger partial charge on any atom is -0.399 e. The summed E-state index contributed by atoms with van der Waals surface area (Å²) in [6.07, 6.45) is 6.82.